The Bertz CT molecular complexity index is 380. The van der Waals surface area contributed by atoms with Gasteiger partial charge in [-0.25, -0.2) is 0 Å². The van der Waals surface area contributed by atoms with Crippen LogP contribution in [0.25, 0.3) is 0 Å². The van der Waals surface area contributed by atoms with Gasteiger partial charge in [0.15, 0.2) is 0 Å². The third kappa shape index (κ3) is 5.42. The van der Waals surface area contributed by atoms with E-state index in [0.29, 0.717) is 12.1 Å². The first-order chi connectivity index (χ1) is 10.3. The van der Waals surface area contributed by atoms with Crippen LogP contribution >= 0.6 is 0 Å². The highest BCUT2D eigenvalue weighted by atomic mass is 16.5. The summed E-state index contributed by atoms with van der Waals surface area (Å²) < 4.78 is 6.01. The lowest BCUT2D eigenvalue weighted by molar-refractivity contribution is -0.0466. The third-order valence-corrected chi connectivity index (χ3v) is 4.36. The molecule has 1 aromatic rings. The third-order valence-electron chi connectivity index (χ3n) is 4.36. The van der Waals surface area contributed by atoms with Crippen molar-refractivity contribution in [2.24, 2.45) is 0 Å². The van der Waals surface area contributed by atoms with Gasteiger partial charge in [0.05, 0.1) is 12.7 Å². The summed E-state index contributed by atoms with van der Waals surface area (Å²) in [6.07, 6.45) is 5.11. The zero-order valence-electron chi connectivity index (χ0n) is 13.6. The average molecular weight is 290 g/mol. The van der Waals surface area contributed by atoms with Gasteiger partial charge in [-0.15, -0.1) is 0 Å². The Labute approximate surface area is 129 Å². The van der Waals surface area contributed by atoms with Gasteiger partial charge in [0, 0.05) is 19.1 Å². The van der Waals surface area contributed by atoms with E-state index in [0.717, 1.165) is 26.1 Å². The van der Waals surface area contributed by atoms with Crippen LogP contribution in [0.2, 0.25) is 0 Å². The summed E-state index contributed by atoms with van der Waals surface area (Å²) in [6.45, 7) is 6.48. The molecule has 0 aromatic heterocycles. The quantitative estimate of drug-likeness (QED) is 0.797. The van der Waals surface area contributed by atoms with Gasteiger partial charge in [0.2, 0.25) is 0 Å². The smallest absolute Gasteiger partial charge is 0.0855 e. The highest BCUT2D eigenvalue weighted by Gasteiger charge is 2.26. The summed E-state index contributed by atoms with van der Waals surface area (Å²) in [5, 5.41) is 3.47. The lowest BCUT2D eigenvalue weighted by Crippen LogP contribution is -2.51. The predicted octanol–water partition coefficient (Wildman–Crippen LogP) is 2.71. The molecule has 1 N–H and O–H groups in total. The molecule has 2 unspecified atom stereocenters. The first-order valence-corrected chi connectivity index (χ1v) is 8.38. The monoisotopic (exact) mass is 290 g/mol. The van der Waals surface area contributed by atoms with E-state index in [9.17, 15) is 0 Å². The molecule has 1 aliphatic rings. The number of nitrogens with one attached hydrogen (secondary N) is 1. The maximum absolute atomic E-state index is 6.01. The molecule has 3 nitrogen and oxygen atoms in total. The maximum Gasteiger partial charge on any atom is 0.0855 e. The first-order valence-electron chi connectivity index (χ1n) is 8.38. The van der Waals surface area contributed by atoms with Crippen molar-refractivity contribution in [3.63, 3.8) is 0 Å². The van der Waals surface area contributed by atoms with Crippen molar-refractivity contribution in [3.05, 3.63) is 35.9 Å². The minimum absolute atomic E-state index is 0.339. The zero-order chi connectivity index (χ0) is 14.9. The van der Waals surface area contributed by atoms with Crippen LogP contribution in [0.15, 0.2) is 30.3 Å². The Hall–Kier alpha value is -0.900. The molecule has 0 bridgehead atoms. The number of ether oxygens (including phenoxy) is 1. The first kappa shape index (κ1) is 16.5. The molecule has 1 saturated heterocycles. The minimum atomic E-state index is 0.339. The Balaban J connectivity index is 1.76. The zero-order valence-corrected chi connectivity index (χ0v) is 13.6. The van der Waals surface area contributed by atoms with Gasteiger partial charge in [-0.3, -0.25) is 4.90 Å². The highest BCUT2D eigenvalue weighted by Crippen LogP contribution is 2.15. The number of morpholine rings is 1. The summed E-state index contributed by atoms with van der Waals surface area (Å²) in [5.74, 6) is 0. The Morgan fingerprint density at radius 3 is 2.86 bits per heavy atom. The topological polar surface area (TPSA) is 24.5 Å². The molecule has 1 fully saturated rings. The van der Waals surface area contributed by atoms with Crippen LogP contribution in [0.1, 0.15) is 31.7 Å². The Morgan fingerprint density at radius 1 is 1.33 bits per heavy atom. The molecule has 21 heavy (non-hydrogen) atoms. The van der Waals surface area contributed by atoms with Crippen molar-refractivity contribution >= 4 is 0 Å². The highest BCUT2D eigenvalue weighted by molar-refractivity contribution is 5.14. The van der Waals surface area contributed by atoms with Gasteiger partial charge in [-0.1, -0.05) is 37.3 Å². The number of benzene rings is 1. The second kappa shape index (κ2) is 9.19. The van der Waals surface area contributed by atoms with Gasteiger partial charge in [0.25, 0.3) is 0 Å². The predicted molar refractivity (Wildman–Crippen MR) is 88.7 cm³/mol. The molecule has 2 atom stereocenters. The van der Waals surface area contributed by atoms with Gasteiger partial charge in [0.1, 0.15) is 0 Å². The van der Waals surface area contributed by atoms with Crippen molar-refractivity contribution in [1.82, 2.24) is 10.2 Å². The number of rotatable bonds is 8. The molecule has 118 valence electrons. The second-order valence-corrected chi connectivity index (χ2v) is 5.98. The fourth-order valence-corrected chi connectivity index (χ4v) is 3.18. The van der Waals surface area contributed by atoms with Crippen LogP contribution in [0.4, 0.5) is 0 Å². The van der Waals surface area contributed by atoms with E-state index in [1.807, 2.05) is 0 Å². The van der Waals surface area contributed by atoms with Crippen molar-refractivity contribution in [1.29, 1.82) is 0 Å². The van der Waals surface area contributed by atoms with Crippen LogP contribution in [0, 0.1) is 0 Å². The Kier molecular flexibility index (Phi) is 7.20. The molecular weight excluding hydrogens is 260 g/mol. The van der Waals surface area contributed by atoms with Gasteiger partial charge in [-0.2, -0.15) is 0 Å². The Morgan fingerprint density at radius 2 is 2.14 bits per heavy atom. The molecule has 1 heterocycles. The van der Waals surface area contributed by atoms with Crippen molar-refractivity contribution < 1.29 is 4.74 Å². The summed E-state index contributed by atoms with van der Waals surface area (Å²) in [5.41, 5.74) is 1.43. The van der Waals surface area contributed by atoms with Gasteiger partial charge in [-0.05, 0) is 44.8 Å². The number of likely N-dealkylation sites (N-methyl/N-ethyl adjacent to an activating group) is 1. The van der Waals surface area contributed by atoms with Crippen LogP contribution in [0.5, 0.6) is 0 Å². The molecule has 0 saturated carbocycles. The molecule has 0 spiro atoms. The maximum atomic E-state index is 6.01. The number of hydrogen-bond donors (Lipinski definition) is 1. The van der Waals surface area contributed by atoms with E-state index in [4.69, 9.17) is 4.74 Å². The SMILES string of the molecule is CCCN1CCOC(C(CCCc2ccccc2)NC)C1. The fourth-order valence-electron chi connectivity index (χ4n) is 3.18. The number of hydrogen-bond acceptors (Lipinski definition) is 3. The van der Waals surface area contributed by atoms with E-state index in [1.165, 1.54) is 31.4 Å². The molecule has 0 amide bonds. The van der Waals surface area contributed by atoms with E-state index < -0.39 is 0 Å². The molecule has 1 aliphatic heterocycles. The molecule has 0 radical (unpaired) electrons. The molecule has 2 rings (SSSR count). The number of aryl methyl sites for hydroxylation is 1. The lowest BCUT2D eigenvalue weighted by atomic mass is 10.00. The standard InChI is InChI=1S/C18H30N2O/c1-3-12-20-13-14-21-18(15-20)17(19-2)11-7-10-16-8-5-4-6-9-16/h4-6,8-9,17-19H,3,7,10-15H2,1-2H3. The largest absolute Gasteiger partial charge is 0.374 e. The number of nitrogens with zero attached hydrogens (tertiary/aromatic N) is 1. The lowest BCUT2D eigenvalue weighted by Gasteiger charge is -2.37. The van der Waals surface area contributed by atoms with Crippen LogP contribution in [-0.4, -0.2) is 50.3 Å². The van der Waals surface area contributed by atoms with Crippen LogP contribution in [0.3, 0.4) is 0 Å². The van der Waals surface area contributed by atoms with Crippen molar-refractivity contribution in [2.45, 2.75) is 44.8 Å². The summed E-state index contributed by atoms with van der Waals surface area (Å²) >= 11 is 0. The summed E-state index contributed by atoms with van der Waals surface area (Å²) in [6, 6.07) is 11.2. The van der Waals surface area contributed by atoms with Gasteiger partial charge >= 0.3 is 0 Å². The van der Waals surface area contributed by atoms with Crippen LogP contribution < -0.4 is 5.32 Å². The summed E-state index contributed by atoms with van der Waals surface area (Å²) in [4.78, 5) is 2.54. The fraction of sp³-hybridized carbons (Fsp3) is 0.667. The van der Waals surface area contributed by atoms with Gasteiger partial charge < -0.3 is 10.1 Å². The summed E-state index contributed by atoms with van der Waals surface area (Å²) in [7, 11) is 2.06. The molecule has 0 aliphatic carbocycles. The average Bonchev–Trinajstić information content (AvgIpc) is 2.53. The minimum Gasteiger partial charge on any atom is -0.374 e. The van der Waals surface area contributed by atoms with E-state index in [1.54, 1.807) is 0 Å². The molecular formula is C18H30N2O. The second-order valence-electron chi connectivity index (χ2n) is 5.98. The van der Waals surface area contributed by atoms with E-state index in [-0.39, 0.29) is 0 Å². The molecule has 3 heteroatoms. The molecule has 1 aromatic carbocycles. The van der Waals surface area contributed by atoms with Crippen molar-refractivity contribution in [3.8, 4) is 0 Å². The van der Waals surface area contributed by atoms with E-state index in [2.05, 4.69) is 54.5 Å². The van der Waals surface area contributed by atoms with E-state index >= 15 is 0 Å². The normalized spacial score (nSPS) is 21.3. The van der Waals surface area contributed by atoms with Crippen LogP contribution in [-0.2, 0) is 11.2 Å². The van der Waals surface area contributed by atoms with Crippen molar-refractivity contribution in [2.75, 3.05) is 33.3 Å².